The first kappa shape index (κ1) is 16.5. The van der Waals surface area contributed by atoms with E-state index in [9.17, 15) is 9.59 Å². The Morgan fingerprint density at radius 3 is 2.70 bits per heavy atom. The molecule has 0 aliphatic heterocycles. The molecule has 0 fully saturated rings. The van der Waals surface area contributed by atoms with Crippen LogP contribution in [0.5, 0.6) is 0 Å². The fraction of sp³-hybridized carbons (Fsp3) is 0.500. The molecule has 0 saturated heterocycles. The lowest BCUT2D eigenvalue weighted by molar-refractivity contribution is -0.133. The summed E-state index contributed by atoms with van der Waals surface area (Å²) in [5.41, 5.74) is 0.958. The third-order valence-corrected chi connectivity index (χ3v) is 3.56. The minimum atomic E-state index is -0.890. The van der Waals surface area contributed by atoms with Gasteiger partial charge in [-0.15, -0.1) is 11.8 Å². The lowest BCUT2D eigenvalue weighted by atomic mass is 10.2. The Hall–Kier alpha value is -1.56. The first-order valence-electron chi connectivity index (χ1n) is 6.60. The summed E-state index contributed by atoms with van der Waals surface area (Å²) in [6.07, 6.45) is 3.34. The molecule has 0 aromatic carbocycles. The van der Waals surface area contributed by atoms with Crippen molar-refractivity contribution in [1.29, 1.82) is 0 Å². The van der Waals surface area contributed by atoms with E-state index in [4.69, 9.17) is 5.11 Å². The van der Waals surface area contributed by atoms with Crippen LogP contribution in [0.2, 0.25) is 0 Å². The van der Waals surface area contributed by atoms with Gasteiger partial charge in [0, 0.05) is 31.4 Å². The Morgan fingerprint density at radius 1 is 1.30 bits per heavy atom. The van der Waals surface area contributed by atoms with Crippen molar-refractivity contribution in [2.45, 2.75) is 19.8 Å². The third kappa shape index (κ3) is 6.56. The maximum Gasteiger partial charge on any atom is 0.313 e. The summed E-state index contributed by atoms with van der Waals surface area (Å²) in [5, 5.41) is 8.57. The van der Waals surface area contributed by atoms with Crippen LogP contribution in [0.15, 0.2) is 24.4 Å². The second-order valence-electron chi connectivity index (χ2n) is 4.34. The number of thioether (sulfide) groups is 1. The Bertz CT molecular complexity index is 426. The highest BCUT2D eigenvalue weighted by Gasteiger charge is 2.13. The molecule has 0 aliphatic carbocycles. The van der Waals surface area contributed by atoms with Crippen molar-refractivity contribution < 1.29 is 14.7 Å². The average Bonchev–Trinajstić information content (AvgIpc) is 2.44. The van der Waals surface area contributed by atoms with E-state index in [0.717, 1.165) is 30.3 Å². The quantitative estimate of drug-likeness (QED) is 0.751. The monoisotopic (exact) mass is 296 g/mol. The van der Waals surface area contributed by atoms with Crippen LogP contribution in [0.3, 0.4) is 0 Å². The molecule has 0 unspecified atom stereocenters. The Kier molecular flexibility index (Phi) is 7.72. The first-order chi connectivity index (χ1) is 9.63. The van der Waals surface area contributed by atoms with Crippen LogP contribution in [0.1, 0.15) is 19.0 Å². The van der Waals surface area contributed by atoms with E-state index >= 15 is 0 Å². The molecule has 0 saturated carbocycles. The number of aliphatic carboxylic acids is 1. The lowest BCUT2D eigenvalue weighted by Crippen LogP contribution is -2.35. The van der Waals surface area contributed by atoms with Gasteiger partial charge in [-0.3, -0.25) is 14.6 Å². The van der Waals surface area contributed by atoms with Crippen molar-refractivity contribution in [1.82, 2.24) is 9.88 Å². The van der Waals surface area contributed by atoms with Crippen LogP contribution in [-0.2, 0) is 16.0 Å². The topological polar surface area (TPSA) is 70.5 Å². The van der Waals surface area contributed by atoms with Crippen molar-refractivity contribution in [3.05, 3.63) is 30.1 Å². The Labute approximate surface area is 123 Å². The van der Waals surface area contributed by atoms with Crippen LogP contribution in [-0.4, -0.2) is 51.5 Å². The first-order valence-corrected chi connectivity index (χ1v) is 7.76. The largest absolute Gasteiger partial charge is 0.481 e. The van der Waals surface area contributed by atoms with E-state index in [0.29, 0.717) is 13.1 Å². The van der Waals surface area contributed by atoms with Crippen molar-refractivity contribution in [3.8, 4) is 0 Å². The van der Waals surface area contributed by atoms with Gasteiger partial charge in [-0.05, 0) is 18.6 Å². The summed E-state index contributed by atoms with van der Waals surface area (Å²) < 4.78 is 0. The Balaban J connectivity index is 2.42. The zero-order chi connectivity index (χ0) is 14.8. The smallest absolute Gasteiger partial charge is 0.313 e. The molecule has 1 N–H and O–H groups in total. The van der Waals surface area contributed by atoms with Crippen LogP contribution in [0.4, 0.5) is 0 Å². The fourth-order valence-electron chi connectivity index (χ4n) is 1.74. The number of hydrogen-bond donors (Lipinski definition) is 1. The standard InChI is InChI=1S/C14H20N2O3S/c1-2-8-16(13(17)10-20-11-14(18)19)9-6-12-5-3-4-7-15-12/h3-5,7H,2,6,8-11H2,1H3,(H,18,19). The molecule has 0 atom stereocenters. The summed E-state index contributed by atoms with van der Waals surface area (Å²) in [6, 6.07) is 5.73. The second kappa shape index (κ2) is 9.36. The third-order valence-electron chi connectivity index (χ3n) is 2.66. The zero-order valence-electron chi connectivity index (χ0n) is 11.6. The maximum atomic E-state index is 12.0. The molecule has 0 radical (unpaired) electrons. The van der Waals surface area contributed by atoms with Crippen molar-refractivity contribution in [3.63, 3.8) is 0 Å². The van der Waals surface area contributed by atoms with Gasteiger partial charge in [-0.1, -0.05) is 13.0 Å². The van der Waals surface area contributed by atoms with E-state index in [1.165, 1.54) is 0 Å². The number of amides is 1. The SMILES string of the molecule is CCCN(CCc1ccccn1)C(=O)CSCC(=O)O. The van der Waals surface area contributed by atoms with Gasteiger partial charge in [-0.25, -0.2) is 0 Å². The molecular formula is C14H20N2O3S. The van der Waals surface area contributed by atoms with Crippen molar-refractivity contribution in [2.75, 3.05) is 24.6 Å². The molecule has 0 aliphatic rings. The van der Waals surface area contributed by atoms with E-state index in [2.05, 4.69) is 4.98 Å². The summed E-state index contributed by atoms with van der Waals surface area (Å²) in [4.78, 5) is 28.5. The van der Waals surface area contributed by atoms with Gasteiger partial charge < -0.3 is 10.0 Å². The number of aromatic nitrogens is 1. The van der Waals surface area contributed by atoms with Gasteiger partial charge in [0.2, 0.25) is 5.91 Å². The lowest BCUT2D eigenvalue weighted by Gasteiger charge is -2.21. The highest BCUT2D eigenvalue weighted by atomic mass is 32.2. The number of carbonyl (C=O) groups is 2. The van der Waals surface area contributed by atoms with E-state index in [1.54, 1.807) is 11.1 Å². The number of hydrogen-bond acceptors (Lipinski definition) is 4. The molecule has 1 amide bonds. The second-order valence-corrected chi connectivity index (χ2v) is 5.32. The molecule has 6 heteroatoms. The van der Waals surface area contributed by atoms with Crippen molar-refractivity contribution >= 4 is 23.6 Å². The summed E-state index contributed by atoms with van der Waals surface area (Å²) in [5.74, 6) is -0.715. The minimum Gasteiger partial charge on any atom is -0.481 e. The highest BCUT2D eigenvalue weighted by Crippen LogP contribution is 2.05. The molecule has 110 valence electrons. The normalized spacial score (nSPS) is 10.2. The van der Waals surface area contributed by atoms with Gasteiger partial charge >= 0.3 is 5.97 Å². The van der Waals surface area contributed by atoms with Gasteiger partial charge in [0.1, 0.15) is 0 Å². The van der Waals surface area contributed by atoms with E-state index < -0.39 is 5.97 Å². The molecule has 1 aromatic rings. The number of nitrogens with zero attached hydrogens (tertiary/aromatic N) is 2. The maximum absolute atomic E-state index is 12.0. The number of pyridine rings is 1. The van der Waals surface area contributed by atoms with Crippen LogP contribution in [0.25, 0.3) is 0 Å². The number of carboxylic acid groups (broad SMARTS) is 1. The molecule has 1 aromatic heterocycles. The fourth-order valence-corrected chi connectivity index (χ4v) is 2.38. The summed E-state index contributed by atoms with van der Waals surface area (Å²) in [7, 11) is 0. The predicted molar refractivity (Wildman–Crippen MR) is 79.8 cm³/mol. The van der Waals surface area contributed by atoms with Crippen molar-refractivity contribution in [2.24, 2.45) is 0 Å². The summed E-state index contributed by atoms with van der Waals surface area (Å²) in [6.45, 7) is 3.34. The van der Waals surface area contributed by atoms with Crippen LogP contribution >= 0.6 is 11.8 Å². The number of rotatable bonds is 9. The molecular weight excluding hydrogens is 276 g/mol. The predicted octanol–water partition coefficient (Wildman–Crippen LogP) is 1.68. The van der Waals surface area contributed by atoms with E-state index in [-0.39, 0.29) is 17.4 Å². The number of carbonyl (C=O) groups excluding carboxylic acids is 1. The van der Waals surface area contributed by atoms with Crippen LogP contribution < -0.4 is 0 Å². The van der Waals surface area contributed by atoms with Gasteiger partial charge in [-0.2, -0.15) is 0 Å². The van der Waals surface area contributed by atoms with Gasteiger partial charge in [0.25, 0.3) is 0 Å². The molecule has 0 spiro atoms. The van der Waals surface area contributed by atoms with Crippen LogP contribution in [0, 0.1) is 0 Å². The molecule has 5 nitrogen and oxygen atoms in total. The minimum absolute atomic E-state index is 0.00553. The van der Waals surface area contributed by atoms with Gasteiger partial charge in [0.05, 0.1) is 11.5 Å². The molecule has 1 rings (SSSR count). The molecule has 20 heavy (non-hydrogen) atoms. The highest BCUT2D eigenvalue weighted by molar-refractivity contribution is 8.00. The Morgan fingerprint density at radius 2 is 2.10 bits per heavy atom. The molecule has 1 heterocycles. The summed E-state index contributed by atoms with van der Waals surface area (Å²) >= 11 is 1.14. The average molecular weight is 296 g/mol. The van der Waals surface area contributed by atoms with E-state index in [1.807, 2.05) is 25.1 Å². The number of carboxylic acids is 1. The molecule has 0 bridgehead atoms. The van der Waals surface area contributed by atoms with Gasteiger partial charge in [0.15, 0.2) is 0 Å². The zero-order valence-corrected chi connectivity index (χ0v) is 12.4.